The molecule has 1 amide bonds. The lowest BCUT2D eigenvalue weighted by Crippen LogP contribution is -2.53. The Balaban J connectivity index is 1.91. The van der Waals surface area contributed by atoms with Gasteiger partial charge < -0.3 is 11.1 Å². The van der Waals surface area contributed by atoms with E-state index in [1.165, 1.54) is 4.31 Å². The first-order valence-corrected chi connectivity index (χ1v) is 9.83. The standard InChI is InChI=1S/C17H25N3O3S/c1-17(2)11-20(9-8-15(17)18)24(22,23)13-6-7-14-12(10-13)4-3-5-16(21)19-14/h6-7,10,15H,3-5,8-9,11,18H2,1-2H3,(H,19,21). The molecule has 0 spiro atoms. The maximum absolute atomic E-state index is 13.0. The summed E-state index contributed by atoms with van der Waals surface area (Å²) < 4.78 is 27.6. The number of nitrogens with zero attached hydrogens (tertiary/aromatic N) is 1. The first kappa shape index (κ1) is 17.4. The van der Waals surface area contributed by atoms with Crippen molar-refractivity contribution in [1.82, 2.24) is 4.31 Å². The second-order valence-corrected chi connectivity index (χ2v) is 9.38. The van der Waals surface area contributed by atoms with Gasteiger partial charge in [-0.3, -0.25) is 4.79 Å². The predicted molar refractivity (Wildman–Crippen MR) is 93.1 cm³/mol. The van der Waals surface area contributed by atoms with Gasteiger partial charge in [-0.15, -0.1) is 0 Å². The maximum atomic E-state index is 13.0. The third-order valence-electron chi connectivity index (χ3n) is 5.12. The Labute approximate surface area is 143 Å². The van der Waals surface area contributed by atoms with Crippen molar-refractivity contribution < 1.29 is 13.2 Å². The number of nitrogens with one attached hydrogen (secondary N) is 1. The zero-order valence-electron chi connectivity index (χ0n) is 14.2. The number of piperidine rings is 1. The Morgan fingerprint density at radius 2 is 2.04 bits per heavy atom. The highest BCUT2D eigenvalue weighted by molar-refractivity contribution is 7.89. The minimum absolute atomic E-state index is 0.00575. The first-order valence-electron chi connectivity index (χ1n) is 8.39. The third kappa shape index (κ3) is 3.20. The van der Waals surface area contributed by atoms with Crippen LogP contribution in [0.25, 0.3) is 0 Å². The number of anilines is 1. The molecule has 0 aliphatic carbocycles. The number of benzene rings is 1. The van der Waals surface area contributed by atoms with Crippen LogP contribution >= 0.6 is 0 Å². The summed E-state index contributed by atoms with van der Waals surface area (Å²) in [6, 6.07) is 5.00. The molecule has 3 N–H and O–H groups in total. The smallest absolute Gasteiger partial charge is 0.243 e. The highest BCUT2D eigenvalue weighted by Crippen LogP contribution is 2.32. The summed E-state index contributed by atoms with van der Waals surface area (Å²) in [7, 11) is -3.55. The summed E-state index contributed by atoms with van der Waals surface area (Å²) in [5.41, 5.74) is 7.48. The van der Waals surface area contributed by atoms with E-state index in [4.69, 9.17) is 5.73 Å². The van der Waals surface area contributed by atoms with Gasteiger partial charge in [0, 0.05) is 31.2 Å². The maximum Gasteiger partial charge on any atom is 0.243 e. The second kappa shape index (κ2) is 6.13. The summed E-state index contributed by atoms with van der Waals surface area (Å²) in [6.45, 7) is 4.88. The molecular weight excluding hydrogens is 326 g/mol. The number of carbonyl (C=O) groups is 1. The number of hydrogen-bond acceptors (Lipinski definition) is 4. The highest BCUT2D eigenvalue weighted by atomic mass is 32.2. The van der Waals surface area contributed by atoms with E-state index < -0.39 is 10.0 Å². The molecule has 3 rings (SSSR count). The number of rotatable bonds is 2. The van der Waals surface area contributed by atoms with Crippen molar-refractivity contribution in [3.63, 3.8) is 0 Å². The number of fused-ring (bicyclic) bond motifs is 1. The van der Waals surface area contributed by atoms with Crippen LogP contribution < -0.4 is 11.1 Å². The molecule has 1 atom stereocenters. The Morgan fingerprint density at radius 1 is 1.29 bits per heavy atom. The molecule has 2 aliphatic heterocycles. The van der Waals surface area contributed by atoms with Crippen molar-refractivity contribution in [3.8, 4) is 0 Å². The lowest BCUT2D eigenvalue weighted by Gasteiger charge is -2.41. The van der Waals surface area contributed by atoms with Crippen molar-refractivity contribution >= 4 is 21.6 Å². The molecule has 24 heavy (non-hydrogen) atoms. The van der Waals surface area contributed by atoms with E-state index in [-0.39, 0.29) is 17.4 Å². The molecule has 0 saturated carbocycles. The van der Waals surface area contributed by atoms with Gasteiger partial charge in [0.2, 0.25) is 15.9 Å². The normalized spacial score (nSPS) is 24.8. The van der Waals surface area contributed by atoms with E-state index in [0.29, 0.717) is 37.2 Å². The van der Waals surface area contributed by atoms with Crippen LogP contribution in [0.15, 0.2) is 23.1 Å². The summed E-state index contributed by atoms with van der Waals surface area (Å²) in [5, 5.41) is 2.84. The zero-order valence-corrected chi connectivity index (χ0v) is 15.0. The molecule has 7 heteroatoms. The Hall–Kier alpha value is -1.44. The fourth-order valence-electron chi connectivity index (χ4n) is 3.39. The molecule has 2 heterocycles. The van der Waals surface area contributed by atoms with Crippen LogP contribution in [0.3, 0.4) is 0 Å². The van der Waals surface area contributed by atoms with Gasteiger partial charge in [-0.25, -0.2) is 8.42 Å². The number of hydrogen-bond donors (Lipinski definition) is 2. The molecule has 132 valence electrons. The first-order chi connectivity index (χ1) is 11.2. The zero-order chi connectivity index (χ0) is 17.5. The lowest BCUT2D eigenvalue weighted by molar-refractivity contribution is -0.116. The van der Waals surface area contributed by atoms with Crippen LogP contribution in [0, 0.1) is 5.41 Å². The average Bonchev–Trinajstić information content (AvgIpc) is 2.69. The molecule has 0 aromatic heterocycles. The molecule has 0 bridgehead atoms. The molecular formula is C17H25N3O3S. The molecule has 2 aliphatic rings. The molecule has 1 saturated heterocycles. The summed E-state index contributed by atoms with van der Waals surface area (Å²) in [6.07, 6.45) is 2.56. The van der Waals surface area contributed by atoms with Crippen LogP contribution in [0.2, 0.25) is 0 Å². The monoisotopic (exact) mass is 351 g/mol. The van der Waals surface area contributed by atoms with Gasteiger partial charge in [0.1, 0.15) is 0 Å². The van der Waals surface area contributed by atoms with Gasteiger partial charge in [-0.05, 0) is 48.4 Å². The van der Waals surface area contributed by atoms with Crippen LogP contribution in [-0.4, -0.2) is 37.8 Å². The number of aryl methyl sites for hydroxylation is 1. The number of carbonyl (C=O) groups excluding carboxylic acids is 1. The van der Waals surface area contributed by atoms with Crippen LogP contribution in [0.5, 0.6) is 0 Å². The Morgan fingerprint density at radius 3 is 2.75 bits per heavy atom. The molecule has 1 aromatic rings. The van der Waals surface area contributed by atoms with Gasteiger partial charge in [0.05, 0.1) is 4.90 Å². The predicted octanol–water partition coefficient (Wildman–Crippen LogP) is 1.71. The third-order valence-corrected chi connectivity index (χ3v) is 6.96. The minimum atomic E-state index is -3.55. The van der Waals surface area contributed by atoms with Crippen molar-refractivity contribution in [2.24, 2.45) is 11.1 Å². The number of sulfonamides is 1. The second-order valence-electron chi connectivity index (χ2n) is 7.44. The lowest BCUT2D eigenvalue weighted by atomic mass is 9.81. The summed E-state index contributed by atoms with van der Waals surface area (Å²) in [5.74, 6) is -0.0175. The van der Waals surface area contributed by atoms with Gasteiger partial charge in [0.15, 0.2) is 0 Å². The number of nitrogens with two attached hydrogens (primary N) is 1. The SMILES string of the molecule is CC1(C)CN(S(=O)(=O)c2ccc3c(c2)CCCC(=O)N3)CCC1N. The molecule has 1 fully saturated rings. The molecule has 1 unspecified atom stereocenters. The van der Waals surface area contributed by atoms with Crippen LogP contribution in [-0.2, 0) is 21.2 Å². The van der Waals surface area contributed by atoms with Crippen molar-refractivity contribution in [2.75, 3.05) is 18.4 Å². The van der Waals surface area contributed by atoms with Crippen LogP contribution in [0.4, 0.5) is 5.69 Å². The van der Waals surface area contributed by atoms with Gasteiger partial charge >= 0.3 is 0 Å². The highest BCUT2D eigenvalue weighted by Gasteiger charge is 2.39. The largest absolute Gasteiger partial charge is 0.327 e. The van der Waals surface area contributed by atoms with Gasteiger partial charge in [-0.1, -0.05) is 13.8 Å². The topological polar surface area (TPSA) is 92.5 Å². The Bertz CT molecular complexity index is 758. The van der Waals surface area contributed by atoms with E-state index in [1.54, 1.807) is 18.2 Å². The fraction of sp³-hybridized carbons (Fsp3) is 0.588. The molecule has 1 aromatic carbocycles. The van der Waals surface area contributed by atoms with E-state index in [9.17, 15) is 13.2 Å². The average molecular weight is 351 g/mol. The van der Waals surface area contributed by atoms with E-state index >= 15 is 0 Å². The van der Waals surface area contributed by atoms with Crippen molar-refractivity contribution in [2.45, 2.75) is 50.5 Å². The summed E-state index contributed by atoms with van der Waals surface area (Å²) >= 11 is 0. The van der Waals surface area contributed by atoms with Crippen molar-refractivity contribution in [1.29, 1.82) is 0 Å². The molecule has 0 radical (unpaired) electrons. The van der Waals surface area contributed by atoms with Crippen LogP contribution in [0.1, 0.15) is 38.7 Å². The quantitative estimate of drug-likeness (QED) is 0.848. The van der Waals surface area contributed by atoms with E-state index in [1.807, 2.05) is 13.8 Å². The van der Waals surface area contributed by atoms with E-state index in [0.717, 1.165) is 17.7 Å². The van der Waals surface area contributed by atoms with E-state index in [2.05, 4.69) is 5.32 Å². The van der Waals surface area contributed by atoms with Gasteiger partial charge in [-0.2, -0.15) is 4.31 Å². The fourth-order valence-corrected chi connectivity index (χ4v) is 5.07. The minimum Gasteiger partial charge on any atom is -0.327 e. The number of amides is 1. The van der Waals surface area contributed by atoms with Crippen molar-refractivity contribution in [3.05, 3.63) is 23.8 Å². The summed E-state index contributed by atoms with van der Waals surface area (Å²) in [4.78, 5) is 11.9. The molecule has 6 nitrogen and oxygen atoms in total. The van der Waals surface area contributed by atoms with Gasteiger partial charge in [0.25, 0.3) is 0 Å². The Kier molecular flexibility index (Phi) is 4.44.